The fourth-order valence-corrected chi connectivity index (χ4v) is 2.43. The highest BCUT2D eigenvalue weighted by molar-refractivity contribution is 5.21. The van der Waals surface area contributed by atoms with Crippen LogP contribution in [0.3, 0.4) is 0 Å². The lowest BCUT2D eigenvalue weighted by molar-refractivity contribution is 0.125. The Bertz CT molecular complexity index is 379. The van der Waals surface area contributed by atoms with E-state index in [0.29, 0.717) is 6.04 Å². The second-order valence-corrected chi connectivity index (χ2v) is 5.37. The minimum Gasteiger partial charge on any atom is -0.490 e. The van der Waals surface area contributed by atoms with E-state index < -0.39 is 0 Å². The van der Waals surface area contributed by atoms with Crippen LogP contribution in [-0.4, -0.2) is 43.2 Å². The van der Waals surface area contributed by atoms with Crippen LogP contribution in [0.1, 0.15) is 37.9 Å². The molecule has 2 heterocycles. The number of piperidine rings is 1. The van der Waals surface area contributed by atoms with E-state index in [2.05, 4.69) is 29.2 Å². The number of hydrogen-bond acceptors (Lipinski definition) is 4. The van der Waals surface area contributed by atoms with Gasteiger partial charge in [0.25, 0.3) is 0 Å². The molecule has 0 saturated carbocycles. The van der Waals surface area contributed by atoms with E-state index in [4.69, 9.17) is 4.74 Å². The Morgan fingerprint density at radius 1 is 1.47 bits per heavy atom. The molecular formula is C15H25N3O. The first-order valence-corrected chi connectivity index (χ1v) is 7.17. The molecule has 2 rings (SSSR count). The highest BCUT2D eigenvalue weighted by atomic mass is 16.5. The van der Waals surface area contributed by atoms with E-state index in [1.807, 2.05) is 25.4 Å². The van der Waals surface area contributed by atoms with Gasteiger partial charge in [-0.2, -0.15) is 0 Å². The predicted molar refractivity (Wildman–Crippen MR) is 77.5 cm³/mol. The van der Waals surface area contributed by atoms with Crippen LogP contribution in [0.4, 0.5) is 0 Å². The third kappa shape index (κ3) is 3.91. The summed E-state index contributed by atoms with van der Waals surface area (Å²) < 4.78 is 5.86. The van der Waals surface area contributed by atoms with Crippen LogP contribution < -0.4 is 10.1 Å². The largest absolute Gasteiger partial charge is 0.490 e. The van der Waals surface area contributed by atoms with Crippen molar-refractivity contribution in [2.24, 2.45) is 0 Å². The smallest absolute Gasteiger partial charge is 0.137 e. The van der Waals surface area contributed by atoms with Gasteiger partial charge in [0, 0.05) is 12.1 Å². The van der Waals surface area contributed by atoms with Gasteiger partial charge in [0.05, 0.1) is 11.9 Å². The molecule has 0 aromatic carbocycles. The maximum absolute atomic E-state index is 5.86. The van der Waals surface area contributed by atoms with Gasteiger partial charge in [0.2, 0.25) is 0 Å². The number of likely N-dealkylation sites (tertiary alicyclic amines) is 1. The van der Waals surface area contributed by atoms with Crippen LogP contribution in [-0.2, 0) is 0 Å². The number of nitrogens with zero attached hydrogens (tertiary/aromatic N) is 2. The number of aromatic nitrogens is 1. The van der Waals surface area contributed by atoms with Crippen LogP contribution in [0.5, 0.6) is 5.75 Å². The van der Waals surface area contributed by atoms with Gasteiger partial charge in [0.1, 0.15) is 12.4 Å². The average Bonchev–Trinajstić information content (AvgIpc) is 2.46. The fraction of sp³-hybridized carbons (Fsp3) is 0.667. The van der Waals surface area contributed by atoms with Crippen LogP contribution in [0.2, 0.25) is 0 Å². The topological polar surface area (TPSA) is 37.4 Å². The van der Waals surface area contributed by atoms with E-state index in [1.54, 1.807) is 0 Å². The lowest BCUT2D eigenvalue weighted by Crippen LogP contribution is -2.40. The van der Waals surface area contributed by atoms with Crippen molar-refractivity contribution in [3.05, 3.63) is 24.0 Å². The zero-order valence-electron chi connectivity index (χ0n) is 12.2. The van der Waals surface area contributed by atoms with Gasteiger partial charge in [-0.15, -0.1) is 0 Å². The Hall–Kier alpha value is -1.13. The van der Waals surface area contributed by atoms with E-state index in [-0.39, 0.29) is 6.04 Å². The lowest BCUT2D eigenvalue weighted by atomic mass is 10.0. The molecule has 0 amide bonds. The molecule has 1 fully saturated rings. The fourth-order valence-electron chi connectivity index (χ4n) is 2.43. The Morgan fingerprint density at radius 3 is 2.95 bits per heavy atom. The molecule has 0 aliphatic carbocycles. The summed E-state index contributed by atoms with van der Waals surface area (Å²) in [7, 11) is 4.12. The molecular weight excluding hydrogens is 238 g/mol. The van der Waals surface area contributed by atoms with Gasteiger partial charge in [-0.3, -0.25) is 4.98 Å². The van der Waals surface area contributed by atoms with Gasteiger partial charge in [-0.05, 0) is 52.5 Å². The summed E-state index contributed by atoms with van der Waals surface area (Å²) in [6.07, 6.45) is 5.69. The second kappa shape index (κ2) is 6.87. The summed E-state index contributed by atoms with van der Waals surface area (Å²) in [4.78, 5) is 6.83. The first-order valence-electron chi connectivity index (χ1n) is 7.17. The van der Waals surface area contributed by atoms with Gasteiger partial charge in [-0.25, -0.2) is 0 Å². The summed E-state index contributed by atoms with van der Waals surface area (Å²) in [6, 6.07) is 4.86. The molecule has 0 bridgehead atoms. The molecule has 0 spiro atoms. The summed E-state index contributed by atoms with van der Waals surface area (Å²) in [5.41, 5.74) is 1.05. The van der Waals surface area contributed by atoms with Crippen LogP contribution in [0, 0.1) is 0 Å². The zero-order chi connectivity index (χ0) is 13.7. The van der Waals surface area contributed by atoms with Crippen molar-refractivity contribution in [2.45, 2.75) is 38.3 Å². The molecule has 0 radical (unpaired) electrons. The molecule has 1 aliphatic heterocycles. The van der Waals surface area contributed by atoms with E-state index >= 15 is 0 Å². The Morgan fingerprint density at radius 2 is 2.32 bits per heavy atom. The SMILES string of the molecule is CNC(C)c1ccc(OCC2CCCCN2C)cn1. The van der Waals surface area contributed by atoms with Crippen molar-refractivity contribution in [3.8, 4) is 5.75 Å². The third-order valence-corrected chi connectivity index (χ3v) is 4.00. The predicted octanol–water partition coefficient (Wildman–Crippen LogP) is 2.23. The first kappa shape index (κ1) is 14.3. The van der Waals surface area contributed by atoms with Crippen molar-refractivity contribution in [3.63, 3.8) is 0 Å². The van der Waals surface area contributed by atoms with E-state index in [9.17, 15) is 0 Å². The number of hydrogen-bond donors (Lipinski definition) is 1. The molecule has 19 heavy (non-hydrogen) atoms. The van der Waals surface area contributed by atoms with Crippen molar-refractivity contribution < 1.29 is 4.74 Å². The lowest BCUT2D eigenvalue weighted by Gasteiger charge is -2.32. The summed E-state index contributed by atoms with van der Waals surface area (Å²) in [5, 5.41) is 3.18. The number of ether oxygens (including phenoxy) is 1. The summed E-state index contributed by atoms with van der Waals surface area (Å²) in [5.74, 6) is 0.867. The van der Waals surface area contributed by atoms with Gasteiger partial charge < -0.3 is 15.0 Å². The molecule has 1 aliphatic rings. The Labute approximate surface area is 116 Å². The molecule has 4 nitrogen and oxygen atoms in total. The van der Waals surface area contributed by atoms with Gasteiger partial charge in [0.15, 0.2) is 0 Å². The van der Waals surface area contributed by atoms with Crippen LogP contribution in [0.15, 0.2) is 18.3 Å². The summed E-state index contributed by atoms with van der Waals surface area (Å²) >= 11 is 0. The molecule has 106 valence electrons. The molecule has 2 unspecified atom stereocenters. The van der Waals surface area contributed by atoms with Gasteiger partial charge in [-0.1, -0.05) is 6.42 Å². The molecule has 1 N–H and O–H groups in total. The Kier molecular flexibility index (Phi) is 5.16. The summed E-state index contributed by atoms with van der Waals surface area (Å²) in [6.45, 7) is 4.05. The van der Waals surface area contributed by atoms with Gasteiger partial charge >= 0.3 is 0 Å². The van der Waals surface area contributed by atoms with Crippen LogP contribution in [0.25, 0.3) is 0 Å². The molecule has 1 aromatic rings. The van der Waals surface area contributed by atoms with E-state index in [1.165, 1.54) is 25.8 Å². The standard InChI is InChI=1S/C15H25N3O/c1-12(16-2)15-8-7-14(10-17-15)19-11-13-6-4-5-9-18(13)3/h7-8,10,12-13,16H,4-6,9,11H2,1-3H3. The maximum atomic E-state index is 5.86. The number of pyridine rings is 1. The molecule has 4 heteroatoms. The quantitative estimate of drug-likeness (QED) is 0.884. The van der Waals surface area contributed by atoms with Crippen molar-refractivity contribution >= 4 is 0 Å². The highest BCUT2D eigenvalue weighted by Crippen LogP contribution is 2.18. The minimum absolute atomic E-state index is 0.276. The average molecular weight is 263 g/mol. The third-order valence-electron chi connectivity index (χ3n) is 4.00. The highest BCUT2D eigenvalue weighted by Gasteiger charge is 2.19. The number of nitrogens with one attached hydrogen (secondary N) is 1. The normalized spacial score (nSPS) is 22.2. The van der Waals surface area contributed by atoms with Crippen molar-refractivity contribution in [1.82, 2.24) is 15.2 Å². The zero-order valence-corrected chi connectivity index (χ0v) is 12.2. The maximum Gasteiger partial charge on any atom is 0.137 e. The number of likely N-dealkylation sites (N-methyl/N-ethyl adjacent to an activating group) is 1. The van der Waals surface area contributed by atoms with Crippen molar-refractivity contribution in [2.75, 3.05) is 27.2 Å². The number of rotatable bonds is 5. The molecule has 2 atom stereocenters. The molecule has 1 aromatic heterocycles. The van der Waals surface area contributed by atoms with Crippen molar-refractivity contribution in [1.29, 1.82) is 0 Å². The van der Waals surface area contributed by atoms with Crippen LogP contribution >= 0.6 is 0 Å². The monoisotopic (exact) mass is 263 g/mol. The van der Waals surface area contributed by atoms with E-state index in [0.717, 1.165) is 18.1 Å². The first-order chi connectivity index (χ1) is 9.20. The minimum atomic E-state index is 0.276. The Balaban J connectivity index is 1.85. The second-order valence-electron chi connectivity index (χ2n) is 5.37. The molecule has 1 saturated heterocycles.